The van der Waals surface area contributed by atoms with Crippen LogP contribution in [0.25, 0.3) is 0 Å². The van der Waals surface area contributed by atoms with Gasteiger partial charge in [-0.05, 0) is 133 Å². The van der Waals surface area contributed by atoms with Crippen molar-refractivity contribution < 1.29 is 0 Å². The first-order valence-electron chi connectivity index (χ1n) is 16.3. The van der Waals surface area contributed by atoms with Crippen molar-refractivity contribution in [3.05, 3.63) is 135 Å². The van der Waals surface area contributed by atoms with Gasteiger partial charge < -0.3 is 9.80 Å². The van der Waals surface area contributed by atoms with Gasteiger partial charge in [0.1, 0.15) is 7.85 Å². The zero-order chi connectivity index (χ0) is 33.6. The fraction of sp³-hybridized carbons (Fsp3) is 0.286. The van der Waals surface area contributed by atoms with Gasteiger partial charge in [0.05, 0.1) is 11.4 Å². The van der Waals surface area contributed by atoms with Crippen molar-refractivity contribution in [2.45, 2.75) is 80.1 Å². The van der Waals surface area contributed by atoms with Gasteiger partial charge in [-0.25, -0.2) is 0 Å². The van der Waals surface area contributed by atoms with Gasteiger partial charge >= 0.3 is 0 Å². The van der Waals surface area contributed by atoms with E-state index in [2.05, 4.69) is 200 Å². The Kier molecular flexibility index (Phi) is 9.35. The van der Waals surface area contributed by atoms with E-state index in [1.165, 1.54) is 50.2 Å². The van der Waals surface area contributed by atoms with Gasteiger partial charge in [-0.1, -0.05) is 99.3 Å². The molecule has 0 heterocycles. The number of halogens is 1. The number of nitrogens with zero attached hydrogens (tertiary/aromatic N) is 2. The van der Waals surface area contributed by atoms with Crippen molar-refractivity contribution in [2.75, 3.05) is 9.80 Å². The van der Waals surface area contributed by atoms with Crippen molar-refractivity contribution in [3.63, 3.8) is 0 Å². The molecule has 5 aromatic carbocycles. The molecule has 0 bridgehead atoms. The second-order valence-electron chi connectivity index (χ2n) is 14.9. The molecule has 0 spiro atoms. The lowest BCUT2D eigenvalue weighted by Crippen LogP contribution is -2.18. The van der Waals surface area contributed by atoms with Crippen molar-refractivity contribution in [1.29, 1.82) is 0 Å². The molecule has 236 valence electrons. The predicted octanol–water partition coefficient (Wildman–Crippen LogP) is 11.5. The fourth-order valence-corrected chi connectivity index (χ4v) is 6.60. The standard InChI is InChI=1S/C42H48BBrN2/c1-27-23-31(41(5,6)7)24-28(2)39(27)45(35-15-11-33(43)12-16-35)37-19-21-38(22-20-37)46(36-17-13-34(44)14-18-36)40-29(3)25-32(26-30(40)4)42(8,9)10/h11-26H,43H2,1-10H3. The third-order valence-corrected chi connectivity index (χ3v) is 9.43. The van der Waals surface area contributed by atoms with Crippen LogP contribution in [0.3, 0.4) is 0 Å². The largest absolute Gasteiger partial charge is 0.310 e. The second kappa shape index (κ2) is 12.8. The fourth-order valence-electron chi connectivity index (χ4n) is 6.33. The van der Waals surface area contributed by atoms with Crippen molar-refractivity contribution in [2.24, 2.45) is 0 Å². The smallest absolute Gasteiger partial charge is 0.139 e. The molecular formula is C42H48BBrN2. The third-order valence-electron chi connectivity index (χ3n) is 8.90. The Labute approximate surface area is 287 Å². The summed E-state index contributed by atoms with van der Waals surface area (Å²) >= 11 is 3.64. The second-order valence-corrected chi connectivity index (χ2v) is 15.8. The highest BCUT2D eigenvalue weighted by molar-refractivity contribution is 9.10. The van der Waals surface area contributed by atoms with Crippen molar-refractivity contribution in [3.8, 4) is 0 Å². The molecule has 0 aliphatic heterocycles. The van der Waals surface area contributed by atoms with Gasteiger partial charge in [0.25, 0.3) is 0 Å². The zero-order valence-electron chi connectivity index (χ0n) is 29.5. The number of hydrogen-bond donors (Lipinski definition) is 0. The molecule has 0 atom stereocenters. The number of anilines is 6. The maximum Gasteiger partial charge on any atom is 0.139 e. The molecule has 0 unspecified atom stereocenters. The monoisotopic (exact) mass is 670 g/mol. The first-order valence-corrected chi connectivity index (χ1v) is 17.1. The highest BCUT2D eigenvalue weighted by Gasteiger charge is 2.24. The Morgan fingerprint density at radius 1 is 0.457 bits per heavy atom. The summed E-state index contributed by atoms with van der Waals surface area (Å²) < 4.78 is 1.07. The Hall–Kier alpha value is -3.76. The van der Waals surface area contributed by atoms with E-state index in [-0.39, 0.29) is 10.8 Å². The molecule has 0 aliphatic rings. The van der Waals surface area contributed by atoms with Crippen LogP contribution < -0.4 is 15.3 Å². The molecular weight excluding hydrogens is 623 g/mol. The van der Waals surface area contributed by atoms with E-state index < -0.39 is 0 Å². The van der Waals surface area contributed by atoms with Gasteiger partial charge in [0, 0.05) is 27.2 Å². The van der Waals surface area contributed by atoms with E-state index in [0.717, 1.165) is 27.2 Å². The van der Waals surface area contributed by atoms with Crippen LogP contribution >= 0.6 is 15.9 Å². The lowest BCUT2D eigenvalue weighted by atomic mass is 9.84. The van der Waals surface area contributed by atoms with E-state index in [1.54, 1.807) is 0 Å². The lowest BCUT2D eigenvalue weighted by molar-refractivity contribution is 0.589. The topological polar surface area (TPSA) is 6.48 Å². The Balaban J connectivity index is 1.67. The summed E-state index contributed by atoms with van der Waals surface area (Å²) in [6, 6.07) is 36.0. The van der Waals surface area contributed by atoms with Crippen LogP contribution in [0, 0.1) is 27.7 Å². The van der Waals surface area contributed by atoms with Crippen molar-refractivity contribution >= 4 is 63.4 Å². The van der Waals surface area contributed by atoms with Gasteiger partial charge in [-0.2, -0.15) is 0 Å². The highest BCUT2D eigenvalue weighted by atomic mass is 79.9. The normalized spacial score (nSPS) is 11.9. The first-order chi connectivity index (χ1) is 21.5. The van der Waals surface area contributed by atoms with Gasteiger partial charge in [-0.3, -0.25) is 0 Å². The summed E-state index contributed by atoms with van der Waals surface area (Å²) in [6.45, 7) is 22.7. The van der Waals surface area contributed by atoms with Gasteiger partial charge in [0.15, 0.2) is 0 Å². The maximum absolute atomic E-state index is 3.64. The van der Waals surface area contributed by atoms with Crippen LogP contribution in [0.2, 0.25) is 0 Å². The SMILES string of the molecule is Bc1ccc(N(c2ccc(N(c3ccc(Br)cc3)c3c(C)cc(C(C)(C)C)cc3C)cc2)c2c(C)cc(C(C)(C)C)cc2C)cc1. The quantitative estimate of drug-likeness (QED) is 0.166. The molecule has 4 heteroatoms. The van der Waals surface area contributed by atoms with E-state index in [9.17, 15) is 0 Å². The van der Waals surface area contributed by atoms with E-state index in [1.807, 2.05) is 0 Å². The average molecular weight is 672 g/mol. The van der Waals surface area contributed by atoms with Crippen LogP contribution in [0.15, 0.2) is 102 Å². The van der Waals surface area contributed by atoms with Crippen LogP contribution in [-0.4, -0.2) is 7.85 Å². The number of rotatable bonds is 6. The summed E-state index contributed by atoms with van der Waals surface area (Å²) in [4.78, 5) is 4.82. The number of aryl methyl sites for hydroxylation is 4. The van der Waals surface area contributed by atoms with Gasteiger partial charge in [-0.15, -0.1) is 0 Å². The minimum absolute atomic E-state index is 0.0823. The Morgan fingerprint density at radius 3 is 1.00 bits per heavy atom. The first kappa shape index (κ1) is 33.6. The summed E-state index contributed by atoms with van der Waals surface area (Å²) in [5, 5.41) is 0. The van der Waals surface area contributed by atoms with Crippen LogP contribution in [-0.2, 0) is 10.8 Å². The van der Waals surface area contributed by atoms with E-state index in [4.69, 9.17) is 0 Å². The summed E-state index contributed by atoms with van der Waals surface area (Å²) in [7, 11) is 2.15. The highest BCUT2D eigenvalue weighted by Crippen LogP contribution is 2.44. The van der Waals surface area contributed by atoms with Crippen LogP contribution in [0.4, 0.5) is 34.1 Å². The Morgan fingerprint density at radius 2 is 0.717 bits per heavy atom. The number of benzene rings is 5. The molecule has 0 fully saturated rings. The van der Waals surface area contributed by atoms with Crippen LogP contribution in [0.1, 0.15) is 74.9 Å². The number of hydrogen-bond acceptors (Lipinski definition) is 2. The Bertz CT molecular complexity index is 1660. The summed E-state index contributed by atoms with van der Waals surface area (Å²) in [6.07, 6.45) is 0. The lowest BCUT2D eigenvalue weighted by Gasteiger charge is -2.32. The minimum atomic E-state index is 0.0823. The molecule has 0 N–H and O–H groups in total. The molecule has 5 rings (SSSR count). The van der Waals surface area contributed by atoms with E-state index in [0.29, 0.717) is 0 Å². The minimum Gasteiger partial charge on any atom is -0.310 e. The molecule has 0 saturated heterocycles. The van der Waals surface area contributed by atoms with Gasteiger partial charge in [0.2, 0.25) is 0 Å². The molecule has 0 aromatic heterocycles. The molecule has 0 amide bonds. The average Bonchev–Trinajstić information content (AvgIpc) is 2.97. The van der Waals surface area contributed by atoms with E-state index >= 15 is 0 Å². The molecule has 0 radical (unpaired) electrons. The summed E-state index contributed by atoms with van der Waals surface area (Å²) in [5.41, 5.74) is 16.2. The predicted molar refractivity (Wildman–Crippen MR) is 208 cm³/mol. The molecule has 2 nitrogen and oxygen atoms in total. The van der Waals surface area contributed by atoms with Crippen molar-refractivity contribution in [1.82, 2.24) is 0 Å². The molecule has 5 aromatic rings. The third kappa shape index (κ3) is 6.98. The molecule has 0 aliphatic carbocycles. The summed E-state index contributed by atoms with van der Waals surface area (Å²) in [5.74, 6) is 0. The molecule has 46 heavy (non-hydrogen) atoms. The molecule has 0 saturated carbocycles. The zero-order valence-corrected chi connectivity index (χ0v) is 31.1. The van der Waals surface area contributed by atoms with Crippen LogP contribution in [0.5, 0.6) is 0 Å². The maximum atomic E-state index is 3.64.